The number of halogens is 3. The van der Waals surface area contributed by atoms with Crippen LogP contribution < -0.4 is 10.6 Å². The summed E-state index contributed by atoms with van der Waals surface area (Å²) in [5.74, 6) is -2.87. The lowest BCUT2D eigenvalue weighted by Gasteiger charge is -2.05. The lowest BCUT2D eigenvalue weighted by molar-refractivity contribution is -0.144. The van der Waals surface area contributed by atoms with Gasteiger partial charge in [0.1, 0.15) is 0 Å². The molecule has 26 heavy (non-hydrogen) atoms. The van der Waals surface area contributed by atoms with Gasteiger partial charge in [0, 0.05) is 11.3 Å². The topological polar surface area (TPSA) is 113 Å². The number of carbonyl (C=O) groups excluding carboxylic acids is 2. The molecule has 11 heteroatoms. The molecule has 0 atom stereocenters. The van der Waals surface area contributed by atoms with Gasteiger partial charge in [-0.25, -0.2) is 0 Å². The Morgan fingerprint density at radius 1 is 1.04 bits per heavy atom. The van der Waals surface area contributed by atoms with Crippen molar-refractivity contribution >= 4 is 23.5 Å². The van der Waals surface area contributed by atoms with Crippen LogP contribution in [0.3, 0.4) is 0 Å². The molecule has 0 aliphatic carbocycles. The van der Waals surface area contributed by atoms with E-state index >= 15 is 0 Å². The summed E-state index contributed by atoms with van der Waals surface area (Å²) in [6, 6.07) is 8.72. The molecule has 0 saturated carbocycles. The van der Waals surface area contributed by atoms with E-state index in [0.29, 0.717) is 5.69 Å². The van der Waals surface area contributed by atoms with Crippen molar-refractivity contribution in [3.05, 3.63) is 59.8 Å². The highest BCUT2D eigenvalue weighted by Gasteiger charge is 2.35. The van der Waals surface area contributed by atoms with E-state index in [-0.39, 0.29) is 11.3 Å². The van der Waals surface area contributed by atoms with Gasteiger partial charge in [-0.05, 0) is 36.4 Å². The van der Waals surface area contributed by atoms with Crippen LogP contribution in [0.25, 0.3) is 0 Å². The molecule has 0 saturated heterocycles. The van der Waals surface area contributed by atoms with Crippen LogP contribution in [0.1, 0.15) is 26.7 Å². The molecule has 0 fully saturated rings. The maximum atomic E-state index is 12.4. The van der Waals surface area contributed by atoms with Gasteiger partial charge in [-0.3, -0.25) is 20.0 Å². The van der Waals surface area contributed by atoms with Crippen molar-refractivity contribution in [3.8, 4) is 0 Å². The van der Waals surface area contributed by atoms with Crippen molar-refractivity contribution in [1.29, 1.82) is 0 Å². The average Bonchev–Trinajstić information content (AvgIpc) is 3.26. The minimum absolute atomic E-state index is 0.122. The van der Waals surface area contributed by atoms with Gasteiger partial charge in [-0.1, -0.05) is 0 Å². The Bertz CT molecular complexity index is 917. The summed E-state index contributed by atoms with van der Waals surface area (Å²) in [6.07, 6.45) is -3.33. The van der Waals surface area contributed by atoms with E-state index in [9.17, 15) is 22.8 Å². The number of rotatable bonds is 4. The molecule has 2 aromatic heterocycles. The van der Waals surface area contributed by atoms with E-state index in [1.165, 1.54) is 36.6 Å². The Kier molecular flexibility index (Phi) is 4.43. The summed E-state index contributed by atoms with van der Waals surface area (Å²) in [5, 5.41) is 9.67. The van der Waals surface area contributed by atoms with Gasteiger partial charge < -0.3 is 9.73 Å². The molecule has 2 heterocycles. The fourth-order valence-corrected chi connectivity index (χ4v) is 1.92. The quantitative estimate of drug-likeness (QED) is 0.658. The predicted octanol–water partition coefficient (Wildman–Crippen LogP) is 2.92. The molecule has 3 N–H and O–H groups in total. The number of hydrogen-bond donors (Lipinski definition) is 3. The number of H-pyrrole nitrogens is 1. The smallest absolute Gasteiger partial charge is 0.451 e. The fraction of sp³-hybridized carbons (Fsp3) is 0.0667. The van der Waals surface area contributed by atoms with Gasteiger partial charge in [0.05, 0.1) is 6.26 Å². The molecule has 134 valence electrons. The second-order valence-corrected chi connectivity index (χ2v) is 4.97. The van der Waals surface area contributed by atoms with Crippen molar-refractivity contribution < 1.29 is 27.2 Å². The summed E-state index contributed by atoms with van der Waals surface area (Å²) < 4.78 is 42.2. The average molecular weight is 365 g/mol. The SMILES string of the molecule is O=C(Nc1n[nH]c(C(F)(F)F)n1)c1ccc(NC(=O)c2ccco2)cc1. The number of benzene rings is 1. The Morgan fingerprint density at radius 2 is 1.77 bits per heavy atom. The maximum Gasteiger partial charge on any atom is 0.451 e. The lowest BCUT2D eigenvalue weighted by atomic mass is 10.2. The number of aromatic amines is 1. The van der Waals surface area contributed by atoms with Crippen molar-refractivity contribution in [1.82, 2.24) is 15.2 Å². The zero-order valence-corrected chi connectivity index (χ0v) is 12.8. The minimum atomic E-state index is -4.69. The van der Waals surface area contributed by atoms with Crippen LogP contribution in [-0.4, -0.2) is 27.0 Å². The Labute approximate surface area is 143 Å². The molecule has 0 unspecified atom stereocenters. The first-order valence-corrected chi connectivity index (χ1v) is 7.09. The number of hydrogen-bond acceptors (Lipinski definition) is 5. The molecule has 8 nitrogen and oxygen atoms in total. The molecular weight excluding hydrogens is 355 g/mol. The molecule has 1 aromatic carbocycles. The summed E-state index contributed by atoms with van der Waals surface area (Å²) in [5.41, 5.74) is 0.541. The largest absolute Gasteiger partial charge is 0.459 e. The van der Waals surface area contributed by atoms with Gasteiger partial charge in [-0.2, -0.15) is 18.2 Å². The molecule has 3 rings (SSSR count). The molecular formula is C15H10F3N5O3. The summed E-state index contributed by atoms with van der Waals surface area (Å²) in [6.45, 7) is 0. The van der Waals surface area contributed by atoms with Crippen LogP contribution >= 0.6 is 0 Å². The number of furan rings is 1. The third-order valence-corrected chi connectivity index (χ3v) is 3.13. The molecule has 0 bridgehead atoms. The van der Waals surface area contributed by atoms with E-state index < -0.39 is 29.8 Å². The molecule has 0 aliphatic heterocycles. The van der Waals surface area contributed by atoms with E-state index in [0.717, 1.165) is 0 Å². The van der Waals surface area contributed by atoms with Crippen molar-refractivity contribution in [2.75, 3.05) is 10.6 Å². The lowest BCUT2D eigenvalue weighted by Crippen LogP contribution is -2.14. The minimum Gasteiger partial charge on any atom is -0.459 e. The normalized spacial score (nSPS) is 11.2. The van der Waals surface area contributed by atoms with Crippen LogP contribution in [0.4, 0.5) is 24.8 Å². The number of carbonyl (C=O) groups is 2. The number of anilines is 2. The molecule has 0 spiro atoms. The first-order valence-electron chi connectivity index (χ1n) is 7.09. The van der Waals surface area contributed by atoms with Crippen molar-refractivity contribution in [2.45, 2.75) is 6.18 Å². The van der Waals surface area contributed by atoms with Crippen LogP contribution in [-0.2, 0) is 6.18 Å². The first kappa shape index (κ1) is 17.2. The number of nitrogens with zero attached hydrogens (tertiary/aromatic N) is 2. The van der Waals surface area contributed by atoms with Gasteiger partial charge in [-0.15, -0.1) is 5.10 Å². The van der Waals surface area contributed by atoms with Crippen LogP contribution in [0.2, 0.25) is 0 Å². The van der Waals surface area contributed by atoms with E-state index in [4.69, 9.17) is 4.42 Å². The van der Waals surface area contributed by atoms with Gasteiger partial charge in [0.25, 0.3) is 11.8 Å². The van der Waals surface area contributed by atoms with Crippen molar-refractivity contribution in [3.63, 3.8) is 0 Å². The highest BCUT2D eigenvalue weighted by Crippen LogP contribution is 2.26. The van der Waals surface area contributed by atoms with E-state index in [2.05, 4.69) is 20.7 Å². The Hall–Kier alpha value is -3.63. The number of amides is 2. The zero-order valence-electron chi connectivity index (χ0n) is 12.8. The summed E-state index contributed by atoms with van der Waals surface area (Å²) in [4.78, 5) is 27.0. The number of aromatic nitrogens is 3. The zero-order chi connectivity index (χ0) is 18.7. The highest BCUT2D eigenvalue weighted by molar-refractivity contribution is 6.05. The number of nitrogens with one attached hydrogen (secondary N) is 3. The second kappa shape index (κ2) is 6.70. The second-order valence-electron chi connectivity index (χ2n) is 4.97. The molecule has 0 radical (unpaired) electrons. The van der Waals surface area contributed by atoms with Crippen LogP contribution in [0.15, 0.2) is 47.1 Å². The molecule has 2 amide bonds. The van der Waals surface area contributed by atoms with Crippen LogP contribution in [0, 0.1) is 0 Å². The standard InChI is InChI=1S/C15H10F3N5O3/c16-15(17,18)13-21-14(23-22-13)20-11(24)8-3-5-9(6-4-8)19-12(25)10-2-1-7-26-10/h1-7H,(H,19,25)(H2,20,21,22,23,24). The van der Waals surface area contributed by atoms with Gasteiger partial charge >= 0.3 is 6.18 Å². The Balaban J connectivity index is 1.63. The third-order valence-electron chi connectivity index (χ3n) is 3.13. The third kappa shape index (κ3) is 3.88. The van der Waals surface area contributed by atoms with Gasteiger partial charge in [0.15, 0.2) is 5.76 Å². The maximum absolute atomic E-state index is 12.4. The fourth-order valence-electron chi connectivity index (χ4n) is 1.92. The Morgan fingerprint density at radius 3 is 2.35 bits per heavy atom. The monoisotopic (exact) mass is 365 g/mol. The van der Waals surface area contributed by atoms with E-state index in [1.54, 1.807) is 11.2 Å². The molecule has 0 aliphatic rings. The summed E-state index contributed by atoms with van der Waals surface area (Å²) >= 11 is 0. The highest BCUT2D eigenvalue weighted by atomic mass is 19.4. The van der Waals surface area contributed by atoms with Gasteiger partial charge in [0.2, 0.25) is 11.8 Å². The molecule has 3 aromatic rings. The van der Waals surface area contributed by atoms with E-state index in [1.807, 2.05) is 0 Å². The van der Waals surface area contributed by atoms with Crippen molar-refractivity contribution in [2.24, 2.45) is 0 Å². The summed E-state index contributed by atoms with van der Waals surface area (Å²) in [7, 11) is 0. The predicted molar refractivity (Wildman–Crippen MR) is 82.4 cm³/mol. The van der Waals surface area contributed by atoms with Crippen LogP contribution in [0.5, 0.6) is 0 Å². The number of alkyl halides is 3. The first-order chi connectivity index (χ1) is 12.3.